The summed E-state index contributed by atoms with van der Waals surface area (Å²) in [5.74, 6) is 0. The van der Waals surface area contributed by atoms with Crippen LogP contribution in [0, 0.1) is 11.3 Å². The molecular formula is C14H19N3S. The van der Waals surface area contributed by atoms with Crippen molar-refractivity contribution < 1.29 is 0 Å². The first-order chi connectivity index (χ1) is 8.83. The molecule has 2 unspecified atom stereocenters. The molecule has 96 valence electrons. The molecular weight excluding hydrogens is 242 g/mol. The monoisotopic (exact) mass is 261 g/mol. The molecule has 3 nitrogen and oxygen atoms in total. The largest absolute Gasteiger partial charge is 0.310 e. The highest BCUT2D eigenvalue weighted by atomic mass is 32.2. The van der Waals surface area contributed by atoms with Crippen LogP contribution in [0.1, 0.15) is 36.9 Å². The van der Waals surface area contributed by atoms with Crippen LogP contribution in [0.5, 0.6) is 0 Å². The summed E-state index contributed by atoms with van der Waals surface area (Å²) in [5, 5.41) is 13.4. The van der Waals surface area contributed by atoms with Crippen molar-refractivity contribution in [3.05, 3.63) is 29.6 Å². The van der Waals surface area contributed by atoms with Crippen molar-refractivity contribution in [2.75, 3.05) is 6.26 Å². The minimum absolute atomic E-state index is 0.544. The molecule has 0 saturated heterocycles. The number of nitrogens with zero attached hydrogens (tertiary/aromatic N) is 2. The maximum Gasteiger partial charge on any atom is 0.144 e. The SMILES string of the molecule is CSC1CCCC(NCc2cccnc2C#N)C1. The predicted octanol–water partition coefficient (Wildman–Crippen LogP) is 2.72. The standard InChI is InChI=1S/C14H19N3S/c1-18-13-6-2-5-12(8-13)17-10-11-4-3-7-16-14(11)9-15/h3-4,7,12-13,17H,2,5-6,8,10H2,1H3. The second-order valence-electron chi connectivity index (χ2n) is 4.73. The fourth-order valence-electron chi connectivity index (χ4n) is 2.48. The van der Waals surface area contributed by atoms with Crippen LogP contribution in [0.25, 0.3) is 0 Å². The maximum atomic E-state index is 8.99. The fraction of sp³-hybridized carbons (Fsp3) is 0.571. The lowest BCUT2D eigenvalue weighted by atomic mass is 9.95. The molecule has 0 spiro atoms. The van der Waals surface area contributed by atoms with E-state index < -0.39 is 0 Å². The highest BCUT2D eigenvalue weighted by Gasteiger charge is 2.20. The molecule has 1 aliphatic carbocycles. The molecule has 1 aromatic heterocycles. The van der Waals surface area contributed by atoms with Crippen molar-refractivity contribution in [1.29, 1.82) is 5.26 Å². The Hall–Kier alpha value is -1.05. The number of aromatic nitrogens is 1. The van der Waals surface area contributed by atoms with Crippen molar-refractivity contribution in [2.45, 2.75) is 43.5 Å². The zero-order chi connectivity index (χ0) is 12.8. The van der Waals surface area contributed by atoms with Crippen LogP contribution in [0.3, 0.4) is 0 Å². The summed E-state index contributed by atoms with van der Waals surface area (Å²) >= 11 is 1.97. The molecule has 0 bridgehead atoms. The molecule has 0 amide bonds. The summed E-state index contributed by atoms with van der Waals surface area (Å²) < 4.78 is 0. The number of pyridine rings is 1. The van der Waals surface area contributed by atoms with Gasteiger partial charge in [0.2, 0.25) is 0 Å². The van der Waals surface area contributed by atoms with E-state index in [1.165, 1.54) is 25.7 Å². The minimum atomic E-state index is 0.544. The van der Waals surface area contributed by atoms with Gasteiger partial charge in [-0.15, -0.1) is 0 Å². The molecule has 0 aliphatic heterocycles. The second-order valence-corrected chi connectivity index (χ2v) is 5.86. The van der Waals surface area contributed by atoms with Crippen molar-refractivity contribution in [2.24, 2.45) is 0 Å². The topological polar surface area (TPSA) is 48.7 Å². The van der Waals surface area contributed by atoms with Crippen molar-refractivity contribution in [1.82, 2.24) is 10.3 Å². The molecule has 1 aromatic rings. The Morgan fingerprint density at radius 3 is 3.22 bits per heavy atom. The minimum Gasteiger partial charge on any atom is -0.310 e. The van der Waals surface area contributed by atoms with Gasteiger partial charge < -0.3 is 5.32 Å². The summed E-state index contributed by atoms with van der Waals surface area (Å²) in [6, 6.07) is 6.61. The van der Waals surface area contributed by atoms with Gasteiger partial charge in [-0.2, -0.15) is 17.0 Å². The Bertz CT molecular complexity index is 427. The Kier molecular flexibility index (Phi) is 5.03. The van der Waals surface area contributed by atoms with Gasteiger partial charge in [0.05, 0.1) is 0 Å². The van der Waals surface area contributed by atoms with E-state index in [4.69, 9.17) is 5.26 Å². The van der Waals surface area contributed by atoms with E-state index in [1.807, 2.05) is 23.9 Å². The first-order valence-corrected chi connectivity index (χ1v) is 7.72. The third-order valence-corrected chi connectivity index (χ3v) is 4.63. The normalized spacial score (nSPS) is 23.6. The van der Waals surface area contributed by atoms with Crippen molar-refractivity contribution >= 4 is 11.8 Å². The molecule has 2 rings (SSSR count). The quantitative estimate of drug-likeness (QED) is 0.905. The molecule has 1 aliphatic rings. The average Bonchev–Trinajstić information content (AvgIpc) is 2.45. The van der Waals surface area contributed by atoms with Gasteiger partial charge in [0.1, 0.15) is 11.8 Å². The van der Waals surface area contributed by atoms with Crippen molar-refractivity contribution in [3.63, 3.8) is 0 Å². The molecule has 2 atom stereocenters. The molecule has 1 fully saturated rings. The van der Waals surface area contributed by atoms with Gasteiger partial charge in [-0.25, -0.2) is 4.98 Å². The van der Waals surface area contributed by atoms with E-state index >= 15 is 0 Å². The molecule has 1 heterocycles. The van der Waals surface area contributed by atoms with Crippen LogP contribution in [0.2, 0.25) is 0 Å². The summed E-state index contributed by atoms with van der Waals surface area (Å²) in [6.07, 6.45) is 9.01. The Balaban J connectivity index is 1.89. The van der Waals surface area contributed by atoms with Gasteiger partial charge in [0.25, 0.3) is 0 Å². The lowest BCUT2D eigenvalue weighted by Gasteiger charge is -2.28. The Labute approximate surface area is 113 Å². The molecule has 0 aromatic carbocycles. The number of nitriles is 1. The van der Waals surface area contributed by atoms with Gasteiger partial charge in [0, 0.05) is 29.6 Å². The van der Waals surface area contributed by atoms with E-state index in [1.54, 1.807) is 6.20 Å². The molecule has 0 radical (unpaired) electrons. The summed E-state index contributed by atoms with van der Waals surface area (Å²) in [4.78, 5) is 4.09. The maximum absolute atomic E-state index is 8.99. The highest BCUT2D eigenvalue weighted by molar-refractivity contribution is 7.99. The van der Waals surface area contributed by atoms with Crippen molar-refractivity contribution in [3.8, 4) is 6.07 Å². The zero-order valence-electron chi connectivity index (χ0n) is 10.7. The smallest absolute Gasteiger partial charge is 0.144 e. The molecule has 1 saturated carbocycles. The number of rotatable bonds is 4. The fourth-order valence-corrected chi connectivity index (χ4v) is 3.31. The van der Waals surface area contributed by atoms with Crippen LogP contribution >= 0.6 is 11.8 Å². The number of hydrogen-bond donors (Lipinski definition) is 1. The van der Waals surface area contributed by atoms with Crippen LogP contribution in [0.4, 0.5) is 0 Å². The first-order valence-electron chi connectivity index (χ1n) is 6.43. The third-order valence-electron chi connectivity index (χ3n) is 3.54. The molecule has 18 heavy (non-hydrogen) atoms. The lowest BCUT2D eigenvalue weighted by molar-refractivity contribution is 0.379. The summed E-state index contributed by atoms with van der Waals surface area (Å²) in [7, 11) is 0. The van der Waals surface area contributed by atoms with Gasteiger partial charge in [-0.3, -0.25) is 0 Å². The van der Waals surface area contributed by atoms with E-state index in [0.717, 1.165) is 17.4 Å². The zero-order valence-corrected chi connectivity index (χ0v) is 11.5. The van der Waals surface area contributed by atoms with E-state index in [-0.39, 0.29) is 0 Å². The van der Waals surface area contributed by atoms with E-state index in [2.05, 4.69) is 22.6 Å². The van der Waals surface area contributed by atoms with E-state index in [9.17, 15) is 0 Å². The number of hydrogen-bond acceptors (Lipinski definition) is 4. The second kappa shape index (κ2) is 6.77. The highest BCUT2D eigenvalue weighted by Crippen LogP contribution is 2.27. The number of nitrogens with one attached hydrogen (secondary N) is 1. The summed E-state index contributed by atoms with van der Waals surface area (Å²) in [5.41, 5.74) is 1.55. The van der Waals surface area contributed by atoms with Gasteiger partial charge in [-0.05, 0) is 31.6 Å². The van der Waals surface area contributed by atoms with Crippen LogP contribution < -0.4 is 5.32 Å². The molecule has 1 N–H and O–H groups in total. The van der Waals surface area contributed by atoms with Crippen LogP contribution in [-0.2, 0) is 6.54 Å². The lowest BCUT2D eigenvalue weighted by Crippen LogP contribution is -2.34. The van der Waals surface area contributed by atoms with Gasteiger partial charge in [-0.1, -0.05) is 12.5 Å². The van der Waals surface area contributed by atoms with Crippen LogP contribution in [-0.4, -0.2) is 22.5 Å². The van der Waals surface area contributed by atoms with E-state index in [0.29, 0.717) is 11.7 Å². The summed E-state index contributed by atoms with van der Waals surface area (Å²) in [6.45, 7) is 0.752. The number of thioether (sulfide) groups is 1. The van der Waals surface area contributed by atoms with Crippen LogP contribution in [0.15, 0.2) is 18.3 Å². The molecule has 4 heteroatoms. The van der Waals surface area contributed by atoms with Gasteiger partial charge in [0.15, 0.2) is 0 Å². The van der Waals surface area contributed by atoms with Gasteiger partial charge >= 0.3 is 0 Å². The average molecular weight is 261 g/mol. The Morgan fingerprint density at radius 2 is 2.44 bits per heavy atom. The predicted molar refractivity (Wildman–Crippen MR) is 75.4 cm³/mol. The first kappa shape index (κ1) is 13.4. The Morgan fingerprint density at radius 1 is 1.56 bits per heavy atom. The third kappa shape index (κ3) is 3.47.